The van der Waals surface area contributed by atoms with Crippen molar-refractivity contribution in [2.75, 3.05) is 26.2 Å². The van der Waals surface area contributed by atoms with E-state index in [1.807, 2.05) is 0 Å². The van der Waals surface area contributed by atoms with Crippen LogP contribution in [-0.2, 0) is 23.2 Å². The van der Waals surface area contributed by atoms with Gasteiger partial charge in [-0.2, -0.15) is 17.5 Å². The Morgan fingerprint density at radius 1 is 0.939 bits per heavy atom. The first kappa shape index (κ1) is 23.0. The van der Waals surface area contributed by atoms with Crippen molar-refractivity contribution in [2.45, 2.75) is 11.1 Å². The van der Waals surface area contributed by atoms with Crippen LogP contribution in [0.2, 0.25) is 0 Å². The van der Waals surface area contributed by atoms with E-state index in [-0.39, 0.29) is 48.1 Å². The standard InChI is InChI=1S/C22H20F3N3O4S/c1-26-19-5-3-2-4-17(19)18(14-20(26)29)21(30)27-10-12-28(13-11-27)33(31,32)16-8-6-15(7-9-16)22(23,24)25/h2-9,14H,10-13H2,1H3. The van der Waals surface area contributed by atoms with E-state index in [0.717, 1.165) is 28.6 Å². The van der Waals surface area contributed by atoms with Gasteiger partial charge in [-0.05, 0) is 30.3 Å². The molecule has 11 heteroatoms. The van der Waals surface area contributed by atoms with Crippen LogP contribution in [0.15, 0.2) is 64.3 Å². The molecule has 0 spiro atoms. The summed E-state index contributed by atoms with van der Waals surface area (Å²) < 4.78 is 66.6. The molecule has 33 heavy (non-hydrogen) atoms. The Bertz CT molecular complexity index is 1370. The summed E-state index contributed by atoms with van der Waals surface area (Å²) in [5, 5.41) is 0.615. The summed E-state index contributed by atoms with van der Waals surface area (Å²) in [5.41, 5.74) is -0.414. The molecule has 1 fully saturated rings. The number of aryl methyl sites for hydroxylation is 1. The van der Waals surface area contributed by atoms with Crippen LogP contribution in [-0.4, -0.2) is 54.3 Å². The summed E-state index contributed by atoms with van der Waals surface area (Å²) in [4.78, 5) is 26.7. The number of carbonyl (C=O) groups is 1. The number of alkyl halides is 3. The van der Waals surface area contributed by atoms with Gasteiger partial charge in [-0.15, -0.1) is 0 Å². The van der Waals surface area contributed by atoms with Crippen LogP contribution in [0.1, 0.15) is 15.9 Å². The number of rotatable bonds is 3. The maximum atomic E-state index is 13.1. The lowest BCUT2D eigenvalue weighted by molar-refractivity contribution is -0.137. The quantitative estimate of drug-likeness (QED) is 0.579. The number of hydrogen-bond acceptors (Lipinski definition) is 4. The number of piperazine rings is 1. The molecule has 1 aromatic heterocycles. The molecule has 0 aliphatic carbocycles. The molecule has 1 aliphatic heterocycles. The molecule has 3 aromatic rings. The second kappa shape index (κ2) is 8.31. The Hall–Kier alpha value is -3.18. The predicted molar refractivity (Wildman–Crippen MR) is 115 cm³/mol. The molecule has 1 aliphatic rings. The smallest absolute Gasteiger partial charge is 0.336 e. The normalized spacial score (nSPS) is 15.7. The van der Waals surface area contributed by atoms with E-state index in [2.05, 4.69) is 0 Å². The monoisotopic (exact) mass is 479 g/mol. The Balaban J connectivity index is 1.52. The first-order valence-electron chi connectivity index (χ1n) is 10.1. The number of carbonyl (C=O) groups excluding carboxylic acids is 1. The molecule has 0 bridgehead atoms. The number of benzene rings is 2. The molecule has 2 aromatic carbocycles. The molecule has 1 amide bonds. The van der Waals surface area contributed by atoms with Gasteiger partial charge in [0.1, 0.15) is 0 Å². The number of aromatic nitrogens is 1. The van der Waals surface area contributed by atoms with Crippen molar-refractivity contribution in [2.24, 2.45) is 7.05 Å². The summed E-state index contributed by atoms with van der Waals surface area (Å²) in [7, 11) is -2.40. The lowest BCUT2D eigenvalue weighted by Crippen LogP contribution is -2.50. The molecule has 4 rings (SSSR count). The Kier molecular flexibility index (Phi) is 5.79. The van der Waals surface area contributed by atoms with E-state index in [4.69, 9.17) is 0 Å². The fraction of sp³-hybridized carbons (Fsp3) is 0.273. The second-order valence-electron chi connectivity index (χ2n) is 7.69. The first-order chi connectivity index (χ1) is 15.5. The van der Waals surface area contributed by atoms with Gasteiger partial charge in [0.25, 0.3) is 11.5 Å². The van der Waals surface area contributed by atoms with Crippen molar-refractivity contribution in [1.29, 1.82) is 0 Å². The maximum Gasteiger partial charge on any atom is 0.416 e. The minimum Gasteiger partial charge on any atom is -0.336 e. The molecule has 0 saturated carbocycles. The van der Waals surface area contributed by atoms with Gasteiger partial charge in [-0.25, -0.2) is 8.42 Å². The molecular weight excluding hydrogens is 459 g/mol. The van der Waals surface area contributed by atoms with Crippen molar-refractivity contribution in [1.82, 2.24) is 13.8 Å². The highest BCUT2D eigenvalue weighted by molar-refractivity contribution is 7.89. The molecule has 174 valence electrons. The Morgan fingerprint density at radius 3 is 2.15 bits per heavy atom. The third kappa shape index (κ3) is 4.25. The lowest BCUT2D eigenvalue weighted by atomic mass is 10.1. The van der Waals surface area contributed by atoms with E-state index in [0.29, 0.717) is 10.9 Å². The topological polar surface area (TPSA) is 79.7 Å². The summed E-state index contributed by atoms with van der Waals surface area (Å²) in [6.45, 7) is 0.139. The van der Waals surface area contributed by atoms with Gasteiger partial charge in [-0.1, -0.05) is 18.2 Å². The summed E-state index contributed by atoms with van der Waals surface area (Å²) in [6.07, 6.45) is -4.56. The molecule has 0 N–H and O–H groups in total. The summed E-state index contributed by atoms with van der Waals surface area (Å²) in [5.74, 6) is -0.379. The molecule has 1 saturated heterocycles. The van der Waals surface area contributed by atoms with Crippen molar-refractivity contribution in [3.05, 3.63) is 76.1 Å². The van der Waals surface area contributed by atoms with Crippen LogP contribution in [0, 0.1) is 0 Å². The number of para-hydroxylation sites is 1. The Labute approximate surface area is 187 Å². The molecule has 0 radical (unpaired) electrons. The third-order valence-electron chi connectivity index (χ3n) is 5.73. The van der Waals surface area contributed by atoms with Gasteiger partial charge in [0, 0.05) is 44.7 Å². The molecule has 0 unspecified atom stereocenters. The van der Waals surface area contributed by atoms with Crippen LogP contribution in [0.3, 0.4) is 0 Å². The SMILES string of the molecule is Cn1c(=O)cc(C(=O)N2CCN(S(=O)(=O)c3ccc(C(F)(F)F)cc3)CC2)c2ccccc21. The van der Waals surface area contributed by atoms with E-state index in [1.165, 1.54) is 15.5 Å². The number of nitrogens with zero attached hydrogens (tertiary/aromatic N) is 3. The lowest BCUT2D eigenvalue weighted by Gasteiger charge is -2.34. The van der Waals surface area contributed by atoms with Crippen LogP contribution in [0.4, 0.5) is 13.2 Å². The largest absolute Gasteiger partial charge is 0.416 e. The number of fused-ring (bicyclic) bond motifs is 1. The maximum absolute atomic E-state index is 13.1. The van der Waals surface area contributed by atoms with E-state index in [9.17, 15) is 31.2 Å². The van der Waals surface area contributed by atoms with Gasteiger partial charge in [0.05, 0.1) is 21.5 Å². The van der Waals surface area contributed by atoms with E-state index >= 15 is 0 Å². The highest BCUT2D eigenvalue weighted by Gasteiger charge is 2.33. The van der Waals surface area contributed by atoms with Crippen molar-refractivity contribution in [3.63, 3.8) is 0 Å². The van der Waals surface area contributed by atoms with Gasteiger partial charge in [-0.3, -0.25) is 9.59 Å². The van der Waals surface area contributed by atoms with E-state index < -0.39 is 21.8 Å². The van der Waals surface area contributed by atoms with Crippen LogP contribution >= 0.6 is 0 Å². The highest BCUT2D eigenvalue weighted by Crippen LogP contribution is 2.30. The van der Waals surface area contributed by atoms with Crippen LogP contribution in [0.25, 0.3) is 10.9 Å². The minimum absolute atomic E-state index is 0.0160. The average Bonchev–Trinajstić information content (AvgIpc) is 2.80. The Morgan fingerprint density at radius 2 is 1.55 bits per heavy atom. The van der Waals surface area contributed by atoms with Gasteiger partial charge >= 0.3 is 6.18 Å². The fourth-order valence-electron chi connectivity index (χ4n) is 3.85. The zero-order valence-corrected chi connectivity index (χ0v) is 18.4. The average molecular weight is 479 g/mol. The van der Waals surface area contributed by atoms with Crippen LogP contribution < -0.4 is 5.56 Å². The predicted octanol–water partition coefficient (Wildman–Crippen LogP) is 2.70. The molecule has 7 nitrogen and oxygen atoms in total. The minimum atomic E-state index is -4.56. The van der Waals surface area contributed by atoms with Gasteiger partial charge < -0.3 is 9.47 Å². The fourth-order valence-corrected chi connectivity index (χ4v) is 5.28. The second-order valence-corrected chi connectivity index (χ2v) is 9.63. The van der Waals surface area contributed by atoms with Crippen molar-refractivity contribution in [3.8, 4) is 0 Å². The number of amides is 1. The number of halogens is 3. The first-order valence-corrected chi connectivity index (χ1v) is 11.5. The van der Waals surface area contributed by atoms with Crippen molar-refractivity contribution >= 4 is 26.8 Å². The van der Waals surface area contributed by atoms with E-state index in [1.54, 1.807) is 31.3 Å². The van der Waals surface area contributed by atoms with Crippen molar-refractivity contribution < 1.29 is 26.4 Å². The van der Waals surface area contributed by atoms with Gasteiger partial charge in [0.15, 0.2) is 0 Å². The number of pyridine rings is 1. The zero-order valence-electron chi connectivity index (χ0n) is 17.5. The molecule has 2 heterocycles. The molecular formula is C22H20F3N3O4S. The van der Waals surface area contributed by atoms with Gasteiger partial charge in [0.2, 0.25) is 10.0 Å². The summed E-state index contributed by atoms with van der Waals surface area (Å²) >= 11 is 0. The molecule has 0 atom stereocenters. The summed E-state index contributed by atoms with van der Waals surface area (Å²) in [6, 6.07) is 11.6. The zero-order chi connectivity index (χ0) is 24.0. The number of sulfonamides is 1. The highest BCUT2D eigenvalue weighted by atomic mass is 32.2. The van der Waals surface area contributed by atoms with Crippen LogP contribution in [0.5, 0.6) is 0 Å². The number of hydrogen-bond donors (Lipinski definition) is 0. The third-order valence-corrected chi connectivity index (χ3v) is 7.64.